The van der Waals surface area contributed by atoms with Gasteiger partial charge in [0.25, 0.3) is 11.8 Å². The molecule has 5 heterocycles. The van der Waals surface area contributed by atoms with Crippen molar-refractivity contribution in [2.75, 3.05) is 63.8 Å². The van der Waals surface area contributed by atoms with Crippen molar-refractivity contribution in [1.29, 1.82) is 0 Å². The van der Waals surface area contributed by atoms with Gasteiger partial charge in [-0.15, -0.1) is 0 Å². The summed E-state index contributed by atoms with van der Waals surface area (Å²) < 4.78 is 18.9. The van der Waals surface area contributed by atoms with Crippen LogP contribution in [0.2, 0.25) is 0 Å². The molecule has 5 amide bonds. The van der Waals surface area contributed by atoms with Crippen molar-refractivity contribution >= 4 is 52.2 Å². The molecule has 18 heteroatoms. The summed E-state index contributed by atoms with van der Waals surface area (Å²) in [5, 5.41) is 8.27. The van der Waals surface area contributed by atoms with E-state index in [2.05, 4.69) is 51.3 Å². The number of nitrogen functional groups attached to an aromatic ring is 1. The molecule has 7 N–H and O–H groups in total. The molecule has 0 spiro atoms. The van der Waals surface area contributed by atoms with Crippen LogP contribution in [0.1, 0.15) is 70.4 Å². The van der Waals surface area contributed by atoms with E-state index in [1.54, 1.807) is 24.4 Å². The highest BCUT2D eigenvalue weighted by molar-refractivity contribution is 6.25. The van der Waals surface area contributed by atoms with Crippen molar-refractivity contribution in [2.24, 2.45) is 5.73 Å². The monoisotopic (exact) mass is 934 g/mol. The van der Waals surface area contributed by atoms with E-state index in [4.69, 9.17) is 35.6 Å². The number of nitrogens with zero attached hydrogens (tertiary/aromatic N) is 5. The van der Waals surface area contributed by atoms with Crippen LogP contribution >= 0.6 is 0 Å². The van der Waals surface area contributed by atoms with E-state index >= 15 is 0 Å². The number of pyridine rings is 2. The maximum absolute atomic E-state index is 13.3. The Morgan fingerprint density at radius 2 is 1.55 bits per heavy atom. The van der Waals surface area contributed by atoms with E-state index in [1.807, 2.05) is 47.0 Å². The van der Waals surface area contributed by atoms with Gasteiger partial charge < -0.3 is 36.3 Å². The molecule has 3 aromatic heterocycles. The number of hydrogen-bond donors (Lipinski definition) is 5. The second kappa shape index (κ2) is 20.9. The Labute approximate surface area is 398 Å². The first-order valence-electron chi connectivity index (χ1n) is 23.3. The van der Waals surface area contributed by atoms with Crippen LogP contribution in [0, 0.1) is 0 Å². The van der Waals surface area contributed by atoms with Crippen LogP contribution in [-0.2, 0) is 40.6 Å². The fraction of sp³-hybridized carbons (Fsp3) is 0.333. The fourth-order valence-electron chi connectivity index (χ4n) is 8.90. The number of hydrogen-bond acceptors (Lipinski definition) is 14. The van der Waals surface area contributed by atoms with Gasteiger partial charge >= 0.3 is 0 Å². The lowest BCUT2D eigenvalue weighted by atomic mass is 9.73. The first-order valence-corrected chi connectivity index (χ1v) is 23.3. The topological polar surface area (TPSA) is 248 Å². The second-order valence-corrected chi connectivity index (χ2v) is 17.3. The Balaban J connectivity index is 0.681. The Hall–Kier alpha value is -7.38. The molecular formula is C51H54N10O8. The number of nitrogens with two attached hydrogens (primary N) is 2. The minimum Gasteiger partial charge on any atom is -0.383 e. The summed E-state index contributed by atoms with van der Waals surface area (Å²) in [4.78, 5) is 78.4. The number of nitrogens with one attached hydrogen (secondary N) is 3. The smallest absolute Gasteiger partial charge is 0.264 e. The van der Waals surface area contributed by atoms with E-state index in [1.165, 1.54) is 0 Å². The van der Waals surface area contributed by atoms with Crippen LogP contribution in [0.15, 0.2) is 97.2 Å². The lowest BCUT2D eigenvalue weighted by molar-refractivity contribution is -0.136. The van der Waals surface area contributed by atoms with E-state index in [-0.39, 0.29) is 35.4 Å². The number of amides is 5. The predicted molar refractivity (Wildman–Crippen MR) is 257 cm³/mol. The number of imidazole rings is 1. The normalized spacial score (nSPS) is 16.4. The Morgan fingerprint density at radius 1 is 0.812 bits per heavy atom. The molecule has 1 saturated carbocycles. The van der Waals surface area contributed by atoms with Gasteiger partial charge in [-0.2, -0.15) is 0 Å². The molecule has 6 aromatic rings. The molecule has 0 radical (unpaired) electrons. The number of piperidine rings is 1. The van der Waals surface area contributed by atoms with Crippen molar-refractivity contribution in [3.8, 4) is 28.3 Å². The number of aryl methyl sites for hydroxylation is 1. The van der Waals surface area contributed by atoms with Gasteiger partial charge in [0.2, 0.25) is 17.7 Å². The molecule has 9 rings (SSSR count). The molecule has 3 aromatic carbocycles. The van der Waals surface area contributed by atoms with Gasteiger partial charge in [-0.25, -0.2) is 15.0 Å². The van der Waals surface area contributed by atoms with Crippen LogP contribution in [0.5, 0.6) is 0 Å². The van der Waals surface area contributed by atoms with Gasteiger partial charge in [0.1, 0.15) is 17.4 Å². The molecule has 69 heavy (non-hydrogen) atoms. The van der Waals surface area contributed by atoms with Gasteiger partial charge in [-0.3, -0.25) is 38.8 Å². The molecule has 18 nitrogen and oxygen atoms in total. The number of fused-ring (bicyclic) bond motifs is 2. The molecular weight excluding hydrogens is 881 g/mol. The molecule has 1 saturated heterocycles. The minimum atomic E-state index is -1.03. The highest BCUT2D eigenvalue weighted by atomic mass is 16.5. The van der Waals surface area contributed by atoms with Crippen molar-refractivity contribution in [1.82, 2.24) is 35.1 Å². The average Bonchev–Trinajstić information content (AvgIpc) is 3.85. The maximum Gasteiger partial charge on any atom is 0.264 e. The zero-order valence-electron chi connectivity index (χ0n) is 38.1. The van der Waals surface area contributed by atoms with Crippen LogP contribution in [0.3, 0.4) is 0 Å². The fourth-order valence-corrected chi connectivity index (χ4v) is 8.90. The lowest BCUT2D eigenvalue weighted by Gasteiger charge is -2.38. The summed E-state index contributed by atoms with van der Waals surface area (Å²) in [7, 11) is 0. The van der Waals surface area contributed by atoms with Gasteiger partial charge in [-0.05, 0) is 97.8 Å². The average molecular weight is 935 g/mol. The predicted octanol–water partition coefficient (Wildman–Crippen LogP) is 4.68. The van der Waals surface area contributed by atoms with Crippen molar-refractivity contribution in [3.05, 3.63) is 119 Å². The molecule has 0 bridgehead atoms. The number of imide groups is 2. The third kappa shape index (κ3) is 10.2. The van der Waals surface area contributed by atoms with Crippen molar-refractivity contribution in [2.45, 2.75) is 56.5 Å². The van der Waals surface area contributed by atoms with Crippen LogP contribution < -0.4 is 27.4 Å². The summed E-state index contributed by atoms with van der Waals surface area (Å²) in [6.07, 6.45) is 5.74. The highest BCUT2D eigenvalue weighted by Crippen LogP contribution is 2.40. The van der Waals surface area contributed by atoms with Crippen LogP contribution in [0.25, 0.3) is 39.5 Å². The summed E-state index contributed by atoms with van der Waals surface area (Å²) in [5.41, 5.74) is 20.4. The summed E-state index contributed by atoms with van der Waals surface area (Å²) in [5.74, 6) is -1.27. The van der Waals surface area contributed by atoms with Gasteiger partial charge in [0, 0.05) is 54.6 Å². The SMILES string of the molecule is Nc1ncccc1-c1nc2ccc(-c3cccc(CCC(=O)NCCOCCOCCOCCNc4cccc5c4C(=O)N(C4CCC(=O)NC4=O)C5=O)c3)nc2n1-c1ccc(C2(N)CCC2)cc1. The zero-order valence-corrected chi connectivity index (χ0v) is 38.1. The summed E-state index contributed by atoms with van der Waals surface area (Å²) in [6.45, 7) is 2.77. The number of aromatic nitrogens is 4. The number of carbonyl (C=O) groups is 5. The number of rotatable bonds is 21. The van der Waals surface area contributed by atoms with E-state index < -0.39 is 29.7 Å². The number of ether oxygens (including phenoxy) is 3. The summed E-state index contributed by atoms with van der Waals surface area (Å²) in [6, 6.07) is 27.9. The zero-order chi connectivity index (χ0) is 47.9. The van der Waals surface area contributed by atoms with Gasteiger partial charge in [-0.1, -0.05) is 36.4 Å². The first kappa shape index (κ1) is 46.7. The molecule has 2 aliphatic heterocycles. The standard InChI is InChI=1S/C51H54N10O8/c52-45-37(8-3-22-56-45)46-58-40-16-15-38(57-47(40)60(46)35-13-11-34(12-14-35)51(53)20-4-21-51)33-6-1-5-32(31-33)10-18-42(62)55-24-26-68-28-30-69-29-27-67-25-23-54-39-9-2-7-36-44(39)50(66)61(49(36)65)41-17-19-43(63)59-48(41)64/h1-3,5-9,11-16,22,31,41,54H,4,10,17-21,23-30,53H2,(H2,52,56)(H,55,62)(H,59,63,64). The van der Waals surface area contributed by atoms with Crippen molar-refractivity contribution < 1.29 is 38.2 Å². The van der Waals surface area contributed by atoms with E-state index in [0.717, 1.165) is 52.2 Å². The number of benzene rings is 3. The third-order valence-electron chi connectivity index (χ3n) is 12.7. The summed E-state index contributed by atoms with van der Waals surface area (Å²) >= 11 is 0. The highest BCUT2D eigenvalue weighted by Gasteiger charge is 2.45. The Morgan fingerprint density at radius 3 is 2.29 bits per heavy atom. The number of anilines is 2. The molecule has 1 unspecified atom stereocenters. The first-order chi connectivity index (χ1) is 33.6. The van der Waals surface area contributed by atoms with E-state index in [9.17, 15) is 24.0 Å². The maximum atomic E-state index is 13.3. The van der Waals surface area contributed by atoms with Gasteiger partial charge in [0.05, 0.1) is 62.0 Å². The largest absolute Gasteiger partial charge is 0.383 e. The Kier molecular flexibility index (Phi) is 14.1. The van der Waals surface area contributed by atoms with Crippen LogP contribution in [0.4, 0.5) is 11.5 Å². The second-order valence-electron chi connectivity index (χ2n) is 17.3. The molecule has 2 fully saturated rings. The van der Waals surface area contributed by atoms with Crippen LogP contribution in [-0.4, -0.2) is 113 Å². The molecule has 1 atom stereocenters. The Bertz CT molecular complexity index is 2900. The lowest BCUT2D eigenvalue weighted by Crippen LogP contribution is -2.54. The third-order valence-corrected chi connectivity index (χ3v) is 12.7. The van der Waals surface area contributed by atoms with Gasteiger partial charge in [0.15, 0.2) is 11.5 Å². The molecule has 356 valence electrons. The molecule has 3 aliphatic rings. The quantitative estimate of drug-likeness (QED) is 0.0486. The minimum absolute atomic E-state index is 0.0534. The van der Waals surface area contributed by atoms with E-state index in [0.29, 0.717) is 99.6 Å². The number of carbonyl (C=O) groups excluding carboxylic acids is 5. The van der Waals surface area contributed by atoms with Crippen molar-refractivity contribution in [3.63, 3.8) is 0 Å². The molecule has 1 aliphatic carbocycles.